The summed E-state index contributed by atoms with van der Waals surface area (Å²) in [4.78, 5) is 2.31. The van der Waals surface area contributed by atoms with E-state index in [2.05, 4.69) is 204 Å². The average molecular weight is 703 g/mol. The Balaban J connectivity index is 0.969. The molecule has 0 saturated carbocycles. The lowest BCUT2D eigenvalue weighted by molar-refractivity contribution is 0.669. The lowest BCUT2D eigenvalue weighted by Crippen LogP contribution is -2.09. The standard InChI is InChI=1S/C52H34N2O/c1-2-10-35(11-3-1)36-18-25-40(26-19-36)53(43-31-32-46-45-14-7-9-17-50(45)55-51(46)34-43)41-27-20-37(21-28-41)38-22-29-42(30-23-38)54-48-16-8-6-15-47(48)52-44-13-5-4-12-39(44)24-33-49(52)54/h1-34H. The fourth-order valence-electron chi connectivity index (χ4n) is 8.36. The van der Waals surface area contributed by atoms with Gasteiger partial charge in [0.15, 0.2) is 0 Å². The highest BCUT2D eigenvalue weighted by Gasteiger charge is 2.17. The van der Waals surface area contributed by atoms with Gasteiger partial charge >= 0.3 is 0 Å². The number of furan rings is 1. The summed E-state index contributed by atoms with van der Waals surface area (Å²) in [7, 11) is 0. The molecule has 0 atom stereocenters. The molecule has 0 aliphatic heterocycles. The Morgan fingerprint density at radius 3 is 1.62 bits per heavy atom. The van der Waals surface area contributed by atoms with E-state index in [-0.39, 0.29) is 0 Å². The Bertz CT molecular complexity index is 3170. The van der Waals surface area contributed by atoms with E-state index in [1.54, 1.807) is 0 Å². The van der Waals surface area contributed by atoms with Crippen LogP contribution in [0.4, 0.5) is 17.1 Å². The maximum Gasteiger partial charge on any atom is 0.137 e. The summed E-state index contributed by atoms with van der Waals surface area (Å²) in [6.45, 7) is 0. The van der Waals surface area contributed by atoms with Crippen molar-refractivity contribution in [3.8, 4) is 27.9 Å². The molecule has 258 valence electrons. The van der Waals surface area contributed by atoms with E-state index in [1.165, 1.54) is 49.3 Å². The number of nitrogens with zero attached hydrogens (tertiary/aromatic N) is 2. The number of rotatable bonds is 6. The lowest BCUT2D eigenvalue weighted by Gasteiger charge is -2.26. The van der Waals surface area contributed by atoms with E-state index < -0.39 is 0 Å². The van der Waals surface area contributed by atoms with Gasteiger partial charge < -0.3 is 13.9 Å². The molecule has 0 aliphatic rings. The minimum Gasteiger partial charge on any atom is -0.456 e. The average Bonchev–Trinajstić information content (AvgIpc) is 3.80. The number of aromatic nitrogens is 1. The molecule has 0 amide bonds. The summed E-state index contributed by atoms with van der Waals surface area (Å²) in [5.41, 5.74) is 13.2. The third-order valence-electron chi connectivity index (χ3n) is 11.0. The minimum atomic E-state index is 0.873. The highest BCUT2D eigenvalue weighted by Crippen LogP contribution is 2.41. The molecule has 2 aromatic heterocycles. The Morgan fingerprint density at radius 1 is 0.345 bits per heavy atom. The largest absolute Gasteiger partial charge is 0.456 e. The van der Waals surface area contributed by atoms with Gasteiger partial charge in [-0.05, 0) is 99.8 Å². The van der Waals surface area contributed by atoms with Crippen molar-refractivity contribution in [1.82, 2.24) is 4.57 Å². The van der Waals surface area contributed by atoms with Crippen LogP contribution in [0.25, 0.3) is 82.5 Å². The third-order valence-corrected chi connectivity index (χ3v) is 11.0. The summed E-state index contributed by atoms with van der Waals surface area (Å²) in [5, 5.41) is 7.36. The lowest BCUT2D eigenvalue weighted by atomic mass is 10.0. The molecule has 0 unspecified atom stereocenters. The third kappa shape index (κ3) is 5.20. The highest BCUT2D eigenvalue weighted by molar-refractivity contribution is 6.21. The van der Waals surface area contributed by atoms with Gasteiger partial charge in [0.25, 0.3) is 0 Å². The normalized spacial score (nSPS) is 11.6. The van der Waals surface area contributed by atoms with E-state index in [0.29, 0.717) is 0 Å². The minimum absolute atomic E-state index is 0.873. The predicted molar refractivity (Wildman–Crippen MR) is 231 cm³/mol. The molecular weight excluding hydrogens is 669 g/mol. The van der Waals surface area contributed by atoms with Crippen LogP contribution in [0, 0.1) is 0 Å². The number of anilines is 3. The van der Waals surface area contributed by atoms with Gasteiger partial charge in [0.05, 0.1) is 11.0 Å². The molecule has 0 radical (unpaired) electrons. The van der Waals surface area contributed by atoms with Gasteiger partial charge in [-0.2, -0.15) is 0 Å². The number of fused-ring (bicyclic) bond motifs is 8. The van der Waals surface area contributed by atoms with Gasteiger partial charge in [0.1, 0.15) is 11.2 Å². The number of hydrogen-bond donors (Lipinski definition) is 0. The van der Waals surface area contributed by atoms with Crippen LogP contribution >= 0.6 is 0 Å². The van der Waals surface area contributed by atoms with Gasteiger partial charge in [0, 0.05) is 50.4 Å². The first-order valence-electron chi connectivity index (χ1n) is 18.8. The van der Waals surface area contributed by atoms with Crippen LogP contribution in [0.2, 0.25) is 0 Å². The van der Waals surface area contributed by atoms with Crippen molar-refractivity contribution in [2.75, 3.05) is 4.90 Å². The van der Waals surface area contributed by atoms with Crippen molar-refractivity contribution >= 4 is 71.6 Å². The molecule has 3 nitrogen and oxygen atoms in total. The summed E-state index contributed by atoms with van der Waals surface area (Å²) >= 11 is 0. The molecule has 3 heteroatoms. The van der Waals surface area contributed by atoms with Crippen LogP contribution < -0.4 is 4.90 Å². The summed E-state index contributed by atoms with van der Waals surface area (Å²) in [6.07, 6.45) is 0. The van der Waals surface area contributed by atoms with Crippen LogP contribution in [-0.2, 0) is 0 Å². The number of para-hydroxylation sites is 2. The summed E-state index contributed by atoms with van der Waals surface area (Å²) in [6, 6.07) is 73.9. The van der Waals surface area contributed by atoms with Crippen molar-refractivity contribution in [2.24, 2.45) is 0 Å². The van der Waals surface area contributed by atoms with Gasteiger partial charge in [-0.3, -0.25) is 0 Å². The second-order valence-corrected chi connectivity index (χ2v) is 14.2. The first kappa shape index (κ1) is 31.2. The molecule has 0 saturated heterocycles. The van der Waals surface area contributed by atoms with Crippen LogP contribution in [0.1, 0.15) is 0 Å². The number of benzene rings is 9. The van der Waals surface area contributed by atoms with Crippen LogP contribution in [0.3, 0.4) is 0 Å². The van der Waals surface area contributed by atoms with Gasteiger partial charge in [-0.1, -0.05) is 133 Å². The number of hydrogen-bond acceptors (Lipinski definition) is 2. The van der Waals surface area contributed by atoms with Crippen molar-refractivity contribution in [3.63, 3.8) is 0 Å². The van der Waals surface area contributed by atoms with Crippen molar-refractivity contribution in [1.29, 1.82) is 0 Å². The van der Waals surface area contributed by atoms with Crippen LogP contribution in [0.5, 0.6) is 0 Å². The molecule has 9 aromatic carbocycles. The SMILES string of the molecule is c1ccc(-c2ccc(N(c3ccc(-c4ccc(-n5c6ccccc6c6c7ccccc7ccc65)cc4)cc3)c3ccc4c(c3)oc3ccccc34)cc2)cc1. The first-order chi connectivity index (χ1) is 27.3. The maximum absolute atomic E-state index is 6.34. The molecule has 0 N–H and O–H groups in total. The molecule has 0 spiro atoms. The second kappa shape index (κ2) is 12.6. The molecular formula is C52H34N2O. The monoisotopic (exact) mass is 702 g/mol. The summed E-state index contributed by atoms with van der Waals surface area (Å²) in [5.74, 6) is 0. The quantitative estimate of drug-likeness (QED) is 0.172. The Kier molecular flexibility index (Phi) is 7.17. The van der Waals surface area contributed by atoms with Gasteiger partial charge in [-0.25, -0.2) is 0 Å². The van der Waals surface area contributed by atoms with E-state index >= 15 is 0 Å². The van der Waals surface area contributed by atoms with Crippen LogP contribution in [0.15, 0.2) is 211 Å². The molecule has 0 fully saturated rings. The zero-order chi connectivity index (χ0) is 36.3. The van der Waals surface area contributed by atoms with Gasteiger partial charge in [0.2, 0.25) is 0 Å². The van der Waals surface area contributed by atoms with Crippen molar-refractivity contribution in [3.05, 3.63) is 206 Å². The van der Waals surface area contributed by atoms with E-state index in [0.717, 1.165) is 50.3 Å². The Hall–Kier alpha value is -7.36. The van der Waals surface area contributed by atoms with E-state index in [4.69, 9.17) is 4.42 Å². The maximum atomic E-state index is 6.34. The zero-order valence-electron chi connectivity index (χ0n) is 29.9. The predicted octanol–water partition coefficient (Wildman–Crippen LogP) is 14.6. The van der Waals surface area contributed by atoms with Crippen molar-refractivity contribution in [2.45, 2.75) is 0 Å². The topological polar surface area (TPSA) is 21.3 Å². The first-order valence-corrected chi connectivity index (χ1v) is 18.8. The highest BCUT2D eigenvalue weighted by atomic mass is 16.3. The van der Waals surface area contributed by atoms with Crippen molar-refractivity contribution < 1.29 is 4.42 Å². The fourth-order valence-corrected chi connectivity index (χ4v) is 8.36. The van der Waals surface area contributed by atoms with E-state index in [1.807, 2.05) is 12.1 Å². The smallest absolute Gasteiger partial charge is 0.137 e. The molecule has 55 heavy (non-hydrogen) atoms. The molecule has 11 rings (SSSR count). The Morgan fingerprint density at radius 2 is 0.891 bits per heavy atom. The fraction of sp³-hybridized carbons (Fsp3) is 0. The molecule has 0 aliphatic carbocycles. The molecule has 0 bridgehead atoms. The summed E-state index contributed by atoms with van der Waals surface area (Å²) < 4.78 is 8.74. The second-order valence-electron chi connectivity index (χ2n) is 14.2. The molecule has 2 heterocycles. The molecule has 11 aromatic rings. The van der Waals surface area contributed by atoms with Gasteiger partial charge in [-0.15, -0.1) is 0 Å². The Labute approximate surface area is 318 Å². The zero-order valence-corrected chi connectivity index (χ0v) is 29.9. The van der Waals surface area contributed by atoms with E-state index in [9.17, 15) is 0 Å². The van der Waals surface area contributed by atoms with Crippen LogP contribution in [-0.4, -0.2) is 4.57 Å².